The second-order valence-corrected chi connectivity index (χ2v) is 9.38. The number of aromatic nitrogens is 2. The highest BCUT2D eigenvalue weighted by Gasteiger charge is 2.23. The first-order valence-electron chi connectivity index (χ1n) is 12.7. The van der Waals surface area contributed by atoms with Crippen LogP contribution in [0.1, 0.15) is 40.0 Å². The van der Waals surface area contributed by atoms with Crippen molar-refractivity contribution < 1.29 is 23.9 Å². The molecule has 204 valence electrons. The number of rotatable bonds is 11. The van der Waals surface area contributed by atoms with Gasteiger partial charge in [-0.25, -0.2) is 14.2 Å². The maximum Gasteiger partial charge on any atom is 0.326 e. The summed E-state index contributed by atoms with van der Waals surface area (Å²) >= 11 is 0. The average Bonchev–Trinajstić information content (AvgIpc) is 3.35. The topological polar surface area (TPSA) is 127 Å². The second-order valence-electron chi connectivity index (χ2n) is 9.38. The maximum absolute atomic E-state index is 13.7. The van der Waals surface area contributed by atoms with Crippen molar-refractivity contribution in [2.75, 3.05) is 0 Å². The summed E-state index contributed by atoms with van der Waals surface area (Å²) in [6.07, 6.45) is 5.17. The van der Waals surface area contributed by atoms with Crippen molar-refractivity contribution in [3.8, 4) is 11.1 Å². The van der Waals surface area contributed by atoms with Gasteiger partial charge in [0, 0.05) is 30.4 Å². The SMILES string of the molecule is Cc1cncn1CC(=Cc1ccc(C(=O)N[C@@H](CCC(N)=O)C(=O)O)c(-c2ccccc2)c1)c1ccc(F)cc1. The predicted octanol–water partition coefficient (Wildman–Crippen LogP) is 4.69. The molecule has 0 aliphatic rings. The summed E-state index contributed by atoms with van der Waals surface area (Å²) in [6, 6.07) is 19.5. The molecule has 0 aliphatic heterocycles. The van der Waals surface area contributed by atoms with Gasteiger partial charge in [-0.3, -0.25) is 9.59 Å². The standard InChI is InChI=1S/C31H29FN4O4/c1-20-17-34-19-36(20)18-24(22-8-10-25(32)11-9-22)15-21-7-12-26(27(16-21)23-5-3-2-4-6-23)30(38)35-28(31(39)40)13-14-29(33)37/h2-12,15-17,19,28H,13-14,18H2,1H3,(H2,33,37)(H,35,38)(H,39,40)/t28-/m0/s1. The molecule has 3 aromatic carbocycles. The second kappa shape index (κ2) is 12.7. The largest absolute Gasteiger partial charge is 0.480 e. The van der Waals surface area contributed by atoms with Gasteiger partial charge < -0.3 is 20.7 Å². The molecule has 0 aliphatic carbocycles. The van der Waals surface area contributed by atoms with Gasteiger partial charge in [0.2, 0.25) is 5.91 Å². The summed E-state index contributed by atoms with van der Waals surface area (Å²) in [5.74, 6) is -2.82. The number of nitrogens with two attached hydrogens (primary N) is 1. The first-order valence-corrected chi connectivity index (χ1v) is 12.7. The van der Waals surface area contributed by atoms with Crippen LogP contribution in [0, 0.1) is 12.7 Å². The van der Waals surface area contributed by atoms with E-state index in [1.807, 2.05) is 54.0 Å². The molecule has 4 N–H and O–H groups in total. The van der Waals surface area contributed by atoms with Gasteiger partial charge in [0.1, 0.15) is 11.9 Å². The molecule has 0 spiro atoms. The highest BCUT2D eigenvalue weighted by atomic mass is 19.1. The minimum Gasteiger partial charge on any atom is -0.480 e. The van der Waals surface area contributed by atoms with E-state index >= 15 is 0 Å². The Bertz CT molecular complexity index is 1550. The number of benzene rings is 3. The van der Waals surface area contributed by atoms with E-state index in [9.17, 15) is 23.9 Å². The molecule has 0 bridgehead atoms. The summed E-state index contributed by atoms with van der Waals surface area (Å²) < 4.78 is 15.7. The normalized spacial score (nSPS) is 12.1. The number of amides is 2. The first-order chi connectivity index (χ1) is 19.2. The van der Waals surface area contributed by atoms with Crippen molar-refractivity contribution in [3.63, 3.8) is 0 Å². The zero-order valence-corrected chi connectivity index (χ0v) is 21.9. The predicted molar refractivity (Wildman–Crippen MR) is 150 cm³/mol. The van der Waals surface area contributed by atoms with Gasteiger partial charge in [-0.05, 0) is 71.5 Å². The molecule has 0 saturated carbocycles. The van der Waals surface area contributed by atoms with Gasteiger partial charge in [0.05, 0.1) is 6.33 Å². The molecular formula is C31H29FN4O4. The third-order valence-corrected chi connectivity index (χ3v) is 6.47. The van der Waals surface area contributed by atoms with Crippen LogP contribution in [-0.4, -0.2) is 38.5 Å². The van der Waals surface area contributed by atoms with E-state index in [2.05, 4.69) is 10.3 Å². The molecule has 0 unspecified atom stereocenters. The molecule has 2 amide bonds. The van der Waals surface area contributed by atoms with Gasteiger partial charge >= 0.3 is 5.97 Å². The summed E-state index contributed by atoms with van der Waals surface area (Å²) in [7, 11) is 0. The minimum absolute atomic E-state index is 0.118. The van der Waals surface area contributed by atoms with Crippen LogP contribution in [0.3, 0.4) is 0 Å². The zero-order valence-electron chi connectivity index (χ0n) is 21.9. The van der Waals surface area contributed by atoms with Crippen LogP contribution >= 0.6 is 0 Å². The van der Waals surface area contributed by atoms with Crippen LogP contribution in [0.15, 0.2) is 85.3 Å². The Morgan fingerprint density at radius 3 is 2.42 bits per heavy atom. The highest BCUT2D eigenvalue weighted by Crippen LogP contribution is 2.28. The Labute approximate surface area is 231 Å². The Hall–Kier alpha value is -5.05. The first kappa shape index (κ1) is 28.0. The van der Waals surface area contributed by atoms with Crippen molar-refractivity contribution in [2.45, 2.75) is 32.4 Å². The number of primary amides is 1. The number of nitrogens with zero attached hydrogens (tertiary/aromatic N) is 2. The molecule has 1 heterocycles. The fraction of sp³-hybridized carbons (Fsp3) is 0.161. The van der Waals surface area contributed by atoms with E-state index in [1.165, 1.54) is 12.1 Å². The number of carboxylic acids is 1. The lowest BCUT2D eigenvalue weighted by molar-refractivity contribution is -0.139. The number of halogens is 1. The fourth-order valence-corrected chi connectivity index (χ4v) is 4.31. The molecule has 40 heavy (non-hydrogen) atoms. The van der Waals surface area contributed by atoms with Crippen LogP contribution in [0.2, 0.25) is 0 Å². The molecule has 1 atom stereocenters. The molecule has 1 aromatic heterocycles. The van der Waals surface area contributed by atoms with Crippen LogP contribution in [0.25, 0.3) is 22.8 Å². The van der Waals surface area contributed by atoms with Gasteiger partial charge in [0.25, 0.3) is 5.91 Å². The van der Waals surface area contributed by atoms with E-state index in [4.69, 9.17) is 5.73 Å². The van der Waals surface area contributed by atoms with Crippen molar-refractivity contribution in [1.82, 2.24) is 14.9 Å². The number of hydrogen-bond donors (Lipinski definition) is 3. The molecule has 4 rings (SSSR count). The number of carbonyl (C=O) groups is 3. The van der Waals surface area contributed by atoms with Crippen LogP contribution in [0.4, 0.5) is 4.39 Å². The van der Waals surface area contributed by atoms with Crippen molar-refractivity contribution in [1.29, 1.82) is 0 Å². The quantitative estimate of drug-likeness (QED) is 0.238. The lowest BCUT2D eigenvalue weighted by Crippen LogP contribution is -2.41. The third-order valence-electron chi connectivity index (χ3n) is 6.47. The average molecular weight is 541 g/mol. The number of carbonyl (C=O) groups excluding carboxylic acids is 2. The molecule has 0 saturated heterocycles. The van der Waals surface area contributed by atoms with E-state index < -0.39 is 23.8 Å². The lowest BCUT2D eigenvalue weighted by atomic mass is 9.94. The molecule has 4 aromatic rings. The Kier molecular flexibility index (Phi) is 8.86. The van der Waals surface area contributed by atoms with Crippen molar-refractivity contribution in [3.05, 3.63) is 114 Å². The number of hydrogen-bond acceptors (Lipinski definition) is 4. The lowest BCUT2D eigenvalue weighted by Gasteiger charge is -2.17. The fourth-order valence-electron chi connectivity index (χ4n) is 4.31. The third kappa shape index (κ3) is 7.08. The number of carboxylic acid groups (broad SMARTS) is 1. The van der Waals surface area contributed by atoms with Crippen molar-refractivity contribution in [2.24, 2.45) is 5.73 Å². The van der Waals surface area contributed by atoms with Gasteiger partial charge in [-0.1, -0.05) is 48.5 Å². The van der Waals surface area contributed by atoms with Gasteiger partial charge in [0.15, 0.2) is 0 Å². The maximum atomic E-state index is 13.7. The summed E-state index contributed by atoms with van der Waals surface area (Å²) in [5.41, 5.74) is 10.3. The highest BCUT2D eigenvalue weighted by molar-refractivity contribution is 6.03. The number of allylic oxidation sites excluding steroid dienone is 1. The minimum atomic E-state index is -1.27. The molecular weight excluding hydrogens is 511 g/mol. The van der Waals surface area contributed by atoms with Crippen molar-refractivity contribution >= 4 is 29.4 Å². The molecule has 0 fully saturated rings. The van der Waals surface area contributed by atoms with Crippen LogP contribution < -0.4 is 11.1 Å². The van der Waals surface area contributed by atoms with Crippen LogP contribution in [0.5, 0.6) is 0 Å². The Morgan fingerprint density at radius 1 is 1.07 bits per heavy atom. The number of imidazole rings is 1. The zero-order chi connectivity index (χ0) is 28.6. The molecule has 9 heteroatoms. The van der Waals surface area contributed by atoms with Gasteiger partial charge in [-0.15, -0.1) is 0 Å². The monoisotopic (exact) mass is 540 g/mol. The summed E-state index contributed by atoms with van der Waals surface area (Å²) in [4.78, 5) is 40.4. The van der Waals surface area contributed by atoms with Gasteiger partial charge in [-0.2, -0.15) is 0 Å². The molecule has 8 nitrogen and oxygen atoms in total. The Morgan fingerprint density at radius 2 is 1.80 bits per heavy atom. The van der Waals surface area contributed by atoms with E-state index in [0.717, 1.165) is 28.0 Å². The summed E-state index contributed by atoms with van der Waals surface area (Å²) in [6.45, 7) is 2.44. The number of aliphatic carboxylic acids is 1. The molecule has 0 radical (unpaired) electrons. The smallest absolute Gasteiger partial charge is 0.326 e. The Balaban J connectivity index is 1.75. The number of nitrogens with one attached hydrogen (secondary N) is 1. The van der Waals surface area contributed by atoms with E-state index in [0.29, 0.717) is 12.1 Å². The summed E-state index contributed by atoms with van der Waals surface area (Å²) in [5, 5.41) is 12.1. The van der Waals surface area contributed by atoms with Crippen LogP contribution in [-0.2, 0) is 16.1 Å². The van der Waals surface area contributed by atoms with E-state index in [-0.39, 0.29) is 24.2 Å². The number of aryl methyl sites for hydroxylation is 1. The van der Waals surface area contributed by atoms with E-state index in [1.54, 1.807) is 36.8 Å².